The van der Waals surface area contributed by atoms with Crippen molar-refractivity contribution in [2.24, 2.45) is 0 Å². The summed E-state index contributed by atoms with van der Waals surface area (Å²) < 4.78 is 8.60. The normalized spacial score (nSPS) is 10.9. The zero-order valence-corrected chi connectivity index (χ0v) is 16.1. The molecular weight excluding hydrogens is 372 g/mol. The Kier molecular flexibility index (Phi) is 4.99. The second-order valence-corrected chi connectivity index (χ2v) is 7.00. The van der Waals surface area contributed by atoms with Crippen LogP contribution in [-0.4, -0.2) is 26.3 Å². The molecule has 0 fully saturated rings. The molecule has 0 aliphatic carbocycles. The summed E-state index contributed by atoms with van der Waals surface area (Å²) in [7, 11) is 1.58. The fraction of sp³-hybridized carbons (Fsp3) is 0.0952. The minimum atomic E-state index is -0.248. The van der Waals surface area contributed by atoms with Gasteiger partial charge in [-0.15, -0.1) is 10.2 Å². The number of aromatic nitrogens is 4. The summed E-state index contributed by atoms with van der Waals surface area (Å²) in [6.07, 6.45) is 5.32. The number of rotatable bonds is 6. The van der Waals surface area contributed by atoms with E-state index in [9.17, 15) is 4.79 Å². The Morgan fingerprint density at radius 2 is 1.89 bits per heavy atom. The second-order valence-electron chi connectivity index (χ2n) is 6.06. The van der Waals surface area contributed by atoms with Crippen molar-refractivity contribution in [2.75, 3.05) is 7.11 Å². The van der Waals surface area contributed by atoms with Gasteiger partial charge in [0.05, 0.1) is 12.8 Å². The number of nitrogens with zero attached hydrogens (tertiary/aromatic N) is 4. The van der Waals surface area contributed by atoms with Crippen molar-refractivity contribution in [1.82, 2.24) is 19.2 Å². The largest absolute Gasteiger partial charge is 0.495 e. The maximum Gasteiger partial charge on any atom is 0.300 e. The highest BCUT2D eigenvalue weighted by molar-refractivity contribution is 7.98. The minimum Gasteiger partial charge on any atom is -0.495 e. The van der Waals surface area contributed by atoms with Gasteiger partial charge in [-0.3, -0.25) is 13.8 Å². The predicted molar refractivity (Wildman–Crippen MR) is 111 cm³/mol. The van der Waals surface area contributed by atoms with E-state index in [0.717, 1.165) is 16.9 Å². The van der Waals surface area contributed by atoms with Gasteiger partial charge in [-0.2, -0.15) is 0 Å². The van der Waals surface area contributed by atoms with Crippen molar-refractivity contribution in [3.63, 3.8) is 0 Å². The number of thioether (sulfide) groups is 1. The lowest BCUT2D eigenvalue weighted by Crippen LogP contribution is -2.20. The van der Waals surface area contributed by atoms with Gasteiger partial charge in [-0.1, -0.05) is 60.8 Å². The predicted octanol–water partition coefficient (Wildman–Crippen LogP) is 3.82. The van der Waals surface area contributed by atoms with E-state index in [0.29, 0.717) is 16.6 Å². The van der Waals surface area contributed by atoms with Crippen molar-refractivity contribution < 1.29 is 4.74 Å². The first-order chi connectivity index (χ1) is 13.7. The number of ether oxygens (including phenoxy) is 1. The molecule has 0 saturated heterocycles. The van der Waals surface area contributed by atoms with Crippen LogP contribution in [0.5, 0.6) is 5.75 Å². The van der Waals surface area contributed by atoms with Crippen molar-refractivity contribution in [2.45, 2.75) is 10.9 Å². The Morgan fingerprint density at radius 3 is 2.64 bits per heavy atom. The molecule has 4 rings (SSSR count). The van der Waals surface area contributed by atoms with Crippen LogP contribution in [0.1, 0.15) is 11.1 Å². The number of para-hydroxylation sites is 2. The van der Waals surface area contributed by atoms with Gasteiger partial charge in [-0.05, 0) is 23.3 Å². The highest BCUT2D eigenvalue weighted by Crippen LogP contribution is 2.23. The van der Waals surface area contributed by atoms with Crippen molar-refractivity contribution in [3.05, 3.63) is 89.0 Å². The van der Waals surface area contributed by atoms with Gasteiger partial charge in [0.15, 0.2) is 5.16 Å². The van der Waals surface area contributed by atoms with E-state index in [1.807, 2.05) is 42.5 Å². The Balaban J connectivity index is 1.64. The van der Waals surface area contributed by atoms with E-state index in [1.165, 1.54) is 16.3 Å². The average Bonchev–Trinajstić information content (AvgIpc) is 3.17. The number of hydrogen-bond acceptors (Lipinski definition) is 5. The van der Waals surface area contributed by atoms with Gasteiger partial charge in [0.1, 0.15) is 5.75 Å². The molecule has 7 heteroatoms. The van der Waals surface area contributed by atoms with Gasteiger partial charge in [0, 0.05) is 18.1 Å². The van der Waals surface area contributed by atoms with Gasteiger partial charge >= 0.3 is 5.56 Å². The smallest absolute Gasteiger partial charge is 0.300 e. The van der Waals surface area contributed by atoms with Crippen molar-refractivity contribution in [1.29, 1.82) is 0 Å². The molecule has 0 spiro atoms. The first-order valence-corrected chi connectivity index (χ1v) is 9.64. The van der Waals surface area contributed by atoms with Crippen LogP contribution in [-0.2, 0) is 5.75 Å². The van der Waals surface area contributed by atoms with Gasteiger partial charge in [0.25, 0.3) is 0 Å². The first kappa shape index (κ1) is 18.1. The lowest BCUT2D eigenvalue weighted by atomic mass is 10.1. The molecular formula is C21H18N4O2S. The van der Waals surface area contributed by atoms with Gasteiger partial charge in [0.2, 0.25) is 5.65 Å². The van der Waals surface area contributed by atoms with E-state index in [2.05, 4.69) is 28.9 Å². The highest BCUT2D eigenvalue weighted by atomic mass is 32.2. The molecule has 0 atom stereocenters. The molecule has 0 unspecified atom stereocenters. The highest BCUT2D eigenvalue weighted by Gasteiger charge is 2.14. The standard InChI is InChI=1S/C21H18N4O2S/c1-3-15-8-10-16(11-9-15)14-28-21-23-22-19-20(26)24(12-13-25(19)21)17-6-4-5-7-18(17)27-2/h3-13H,1,14H2,2H3. The van der Waals surface area contributed by atoms with Crippen LogP contribution in [0.15, 0.2) is 77.5 Å². The summed E-state index contributed by atoms with van der Waals surface area (Å²) >= 11 is 1.53. The average molecular weight is 390 g/mol. The summed E-state index contributed by atoms with van der Waals surface area (Å²) in [6, 6.07) is 15.5. The van der Waals surface area contributed by atoms with E-state index in [4.69, 9.17) is 4.74 Å². The SMILES string of the molecule is C=Cc1ccc(CSc2nnc3c(=O)n(-c4ccccc4OC)ccn23)cc1. The summed E-state index contributed by atoms with van der Waals surface area (Å²) in [6.45, 7) is 3.76. The molecule has 140 valence electrons. The summed E-state index contributed by atoms with van der Waals surface area (Å²) in [5.74, 6) is 1.35. The molecule has 0 aliphatic heterocycles. The van der Waals surface area contributed by atoms with E-state index in [1.54, 1.807) is 23.9 Å². The number of fused-ring (bicyclic) bond motifs is 1. The fourth-order valence-electron chi connectivity index (χ4n) is 2.88. The van der Waals surface area contributed by atoms with E-state index < -0.39 is 0 Å². The van der Waals surface area contributed by atoms with E-state index in [-0.39, 0.29) is 11.2 Å². The zero-order valence-electron chi connectivity index (χ0n) is 15.3. The van der Waals surface area contributed by atoms with Gasteiger partial charge < -0.3 is 4.74 Å². The van der Waals surface area contributed by atoms with Crippen molar-refractivity contribution in [3.8, 4) is 11.4 Å². The first-order valence-electron chi connectivity index (χ1n) is 8.65. The second kappa shape index (κ2) is 7.74. The number of hydrogen-bond donors (Lipinski definition) is 0. The maximum absolute atomic E-state index is 12.9. The molecule has 0 bridgehead atoms. The molecule has 2 heterocycles. The van der Waals surface area contributed by atoms with Crippen LogP contribution in [0.25, 0.3) is 17.4 Å². The quantitative estimate of drug-likeness (QED) is 0.468. The lowest BCUT2D eigenvalue weighted by molar-refractivity contribution is 0.412. The minimum absolute atomic E-state index is 0.248. The molecule has 2 aromatic carbocycles. The third kappa shape index (κ3) is 3.32. The van der Waals surface area contributed by atoms with Crippen LogP contribution in [0, 0.1) is 0 Å². The summed E-state index contributed by atoms with van der Waals surface area (Å²) in [4.78, 5) is 12.9. The monoisotopic (exact) mass is 390 g/mol. The zero-order chi connectivity index (χ0) is 19.5. The van der Waals surface area contributed by atoms with Crippen molar-refractivity contribution >= 4 is 23.5 Å². The van der Waals surface area contributed by atoms with Crippen LogP contribution < -0.4 is 10.3 Å². The van der Waals surface area contributed by atoms with Gasteiger partial charge in [-0.25, -0.2) is 0 Å². The third-order valence-corrected chi connectivity index (χ3v) is 5.38. The van der Waals surface area contributed by atoms with E-state index >= 15 is 0 Å². The molecule has 4 aromatic rings. The van der Waals surface area contributed by atoms with Crippen LogP contribution in [0.2, 0.25) is 0 Å². The maximum atomic E-state index is 12.9. The summed E-state index contributed by atoms with van der Waals surface area (Å²) in [5.41, 5.74) is 2.94. The van der Waals surface area contributed by atoms with Crippen LogP contribution in [0.3, 0.4) is 0 Å². The number of methoxy groups -OCH3 is 1. The number of benzene rings is 2. The topological polar surface area (TPSA) is 61.4 Å². The molecule has 6 nitrogen and oxygen atoms in total. The molecule has 0 radical (unpaired) electrons. The Labute approximate surface area is 166 Å². The lowest BCUT2D eigenvalue weighted by Gasteiger charge is -2.10. The molecule has 0 saturated carbocycles. The molecule has 0 N–H and O–H groups in total. The van der Waals surface area contributed by atoms with Crippen LogP contribution >= 0.6 is 11.8 Å². The molecule has 0 amide bonds. The Morgan fingerprint density at radius 1 is 1.11 bits per heavy atom. The summed E-state index contributed by atoms with van der Waals surface area (Å²) in [5, 5.41) is 8.97. The Bertz CT molecular complexity index is 1200. The van der Waals surface area contributed by atoms with Crippen LogP contribution in [0.4, 0.5) is 0 Å². The molecule has 2 aromatic heterocycles. The molecule has 0 aliphatic rings. The molecule has 28 heavy (non-hydrogen) atoms. The fourth-order valence-corrected chi connectivity index (χ4v) is 3.75. The third-order valence-electron chi connectivity index (χ3n) is 4.37. The Hall–Kier alpha value is -3.32.